The fourth-order valence-corrected chi connectivity index (χ4v) is 0.863. The fraction of sp³-hybridized carbons (Fsp3) is 0.250. The normalized spacial score (nSPS) is 25.1. The monoisotopic (exact) mass is 137 g/mol. The van der Waals surface area contributed by atoms with Crippen molar-refractivity contribution < 1.29 is 9.90 Å². The highest BCUT2D eigenvalue weighted by Gasteiger charge is 2.11. The van der Waals surface area contributed by atoms with E-state index >= 15 is 0 Å². The van der Waals surface area contributed by atoms with Crippen LogP contribution in [-0.2, 0) is 4.79 Å². The van der Waals surface area contributed by atoms with E-state index in [4.69, 9.17) is 5.11 Å². The summed E-state index contributed by atoms with van der Waals surface area (Å²) in [5.74, 6) is 0.309. The molecule has 1 N–H and O–H groups in total. The van der Waals surface area contributed by atoms with Gasteiger partial charge in [-0.25, -0.2) is 0 Å². The van der Waals surface area contributed by atoms with E-state index in [-0.39, 0.29) is 11.7 Å². The first-order valence-corrected chi connectivity index (χ1v) is 3.15. The topological polar surface area (TPSA) is 37.3 Å². The van der Waals surface area contributed by atoms with Crippen molar-refractivity contribution in [2.45, 2.75) is 6.92 Å². The van der Waals surface area contributed by atoms with Gasteiger partial charge in [0.1, 0.15) is 12.0 Å². The van der Waals surface area contributed by atoms with Crippen molar-refractivity contribution in [3.63, 3.8) is 0 Å². The Morgan fingerprint density at radius 3 is 2.90 bits per heavy atom. The smallest absolute Gasteiger partial charge is 0.150 e. The molecule has 0 aromatic carbocycles. The third-order valence-electron chi connectivity index (χ3n) is 1.42. The van der Waals surface area contributed by atoms with Crippen molar-refractivity contribution in [3.8, 4) is 0 Å². The Hall–Kier alpha value is -1.05. The van der Waals surface area contributed by atoms with E-state index in [0.29, 0.717) is 11.9 Å². The molecule has 0 aliphatic heterocycles. The summed E-state index contributed by atoms with van der Waals surface area (Å²) in [7, 11) is 0. The minimum atomic E-state index is 0.0631. The number of hydrogen-bond donors (Lipinski definition) is 1. The van der Waals surface area contributed by atoms with Crippen LogP contribution in [0.25, 0.3) is 0 Å². The van der Waals surface area contributed by atoms with Crippen LogP contribution < -0.4 is 0 Å². The van der Waals surface area contributed by atoms with Crippen LogP contribution >= 0.6 is 0 Å². The lowest BCUT2D eigenvalue weighted by Gasteiger charge is -2.10. The van der Waals surface area contributed by atoms with Crippen LogP contribution in [-0.4, -0.2) is 11.4 Å². The van der Waals surface area contributed by atoms with Crippen molar-refractivity contribution in [3.05, 3.63) is 29.9 Å². The van der Waals surface area contributed by atoms with Crippen LogP contribution in [0.1, 0.15) is 6.92 Å². The van der Waals surface area contributed by atoms with Gasteiger partial charge in [0.25, 0.3) is 0 Å². The van der Waals surface area contributed by atoms with E-state index < -0.39 is 0 Å². The third kappa shape index (κ3) is 1.26. The molecule has 0 spiro atoms. The number of aliphatic hydroxyl groups is 1. The van der Waals surface area contributed by atoms with Crippen molar-refractivity contribution >= 4 is 6.29 Å². The standard InChI is InChI=1S/C8H9O2/c1-6-2-3-8(10)7(4-6)5-9/h2-6,10H,1H3. The quantitative estimate of drug-likeness (QED) is 0.555. The summed E-state index contributed by atoms with van der Waals surface area (Å²) in [6.45, 7) is 1.95. The predicted octanol–water partition coefficient (Wildman–Crippen LogP) is 1.41. The zero-order valence-electron chi connectivity index (χ0n) is 5.74. The van der Waals surface area contributed by atoms with Gasteiger partial charge in [-0.2, -0.15) is 0 Å². The maximum absolute atomic E-state index is 10.2. The summed E-state index contributed by atoms with van der Waals surface area (Å²) in [6.07, 6.45) is 5.77. The maximum Gasteiger partial charge on any atom is 0.150 e. The molecule has 10 heavy (non-hydrogen) atoms. The minimum Gasteiger partial charge on any atom is -0.508 e. The van der Waals surface area contributed by atoms with Gasteiger partial charge in [0.2, 0.25) is 0 Å². The second-order valence-corrected chi connectivity index (χ2v) is 2.34. The highest BCUT2D eigenvalue weighted by Crippen LogP contribution is 2.18. The van der Waals surface area contributed by atoms with Crippen molar-refractivity contribution in [2.75, 3.05) is 0 Å². The van der Waals surface area contributed by atoms with Gasteiger partial charge in [0.15, 0.2) is 0 Å². The summed E-state index contributed by atoms with van der Waals surface area (Å²) in [4.78, 5) is 10.2. The maximum atomic E-state index is 10.2. The van der Waals surface area contributed by atoms with E-state index in [1.54, 1.807) is 12.5 Å². The van der Waals surface area contributed by atoms with Gasteiger partial charge in [-0.3, -0.25) is 4.79 Å². The number of carbonyl (C=O) groups is 1. The van der Waals surface area contributed by atoms with Crippen LogP contribution in [0.15, 0.2) is 23.5 Å². The summed E-state index contributed by atoms with van der Waals surface area (Å²) >= 11 is 0. The highest BCUT2D eigenvalue weighted by atomic mass is 16.3. The van der Waals surface area contributed by atoms with E-state index in [9.17, 15) is 4.79 Å². The van der Waals surface area contributed by atoms with E-state index in [1.165, 1.54) is 0 Å². The molecule has 0 bridgehead atoms. The Kier molecular flexibility index (Phi) is 1.90. The fourth-order valence-electron chi connectivity index (χ4n) is 0.863. The number of rotatable bonds is 1. The molecule has 0 amide bonds. The first-order valence-electron chi connectivity index (χ1n) is 3.15. The Labute approximate surface area is 59.9 Å². The highest BCUT2D eigenvalue weighted by molar-refractivity contribution is 5.78. The number of carbonyl (C=O) groups excluding carboxylic acids is 1. The van der Waals surface area contributed by atoms with Crippen LogP contribution in [0.5, 0.6) is 0 Å². The second-order valence-electron chi connectivity index (χ2n) is 2.34. The zero-order valence-corrected chi connectivity index (χ0v) is 5.74. The Bertz CT molecular complexity index is 201. The summed E-state index contributed by atoms with van der Waals surface area (Å²) in [5.41, 5.74) is 0.384. The van der Waals surface area contributed by atoms with Gasteiger partial charge in [-0.05, 0) is 12.0 Å². The first kappa shape index (κ1) is 7.06. The molecule has 2 nitrogen and oxygen atoms in total. The molecule has 0 aromatic heterocycles. The summed E-state index contributed by atoms with van der Waals surface area (Å²) in [6, 6.07) is 0. The predicted molar refractivity (Wildman–Crippen MR) is 38.3 cm³/mol. The number of hydrogen-bond acceptors (Lipinski definition) is 2. The third-order valence-corrected chi connectivity index (χ3v) is 1.42. The second kappa shape index (κ2) is 2.69. The molecule has 0 fully saturated rings. The lowest BCUT2D eigenvalue weighted by Crippen LogP contribution is -2.03. The number of aliphatic hydroxyl groups excluding tert-OH is 1. The van der Waals surface area contributed by atoms with Crippen LogP contribution in [0.2, 0.25) is 0 Å². The van der Waals surface area contributed by atoms with Crippen LogP contribution in [0, 0.1) is 12.3 Å². The molecule has 1 atom stereocenters. The number of aldehydes is 1. The lowest BCUT2D eigenvalue weighted by molar-refractivity contribution is -0.104. The molecule has 1 radical (unpaired) electrons. The molecule has 53 valence electrons. The molecule has 1 aliphatic carbocycles. The molecule has 0 saturated heterocycles. The SMILES string of the molecule is CC1[CH]C(C=O)=C(O)C=C1. The molecule has 1 aliphatic rings. The molecule has 1 rings (SSSR count). The van der Waals surface area contributed by atoms with Crippen LogP contribution in [0.4, 0.5) is 0 Å². The Morgan fingerprint density at radius 2 is 2.40 bits per heavy atom. The first-order chi connectivity index (χ1) is 4.74. The number of allylic oxidation sites excluding steroid dienone is 3. The Balaban J connectivity index is 2.83. The molecule has 0 aromatic rings. The van der Waals surface area contributed by atoms with Crippen molar-refractivity contribution in [2.24, 2.45) is 5.92 Å². The molecule has 2 heteroatoms. The zero-order chi connectivity index (χ0) is 7.56. The molecular formula is C8H9O2. The summed E-state index contributed by atoms with van der Waals surface area (Å²) in [5, 5.41) is 9.02. The average molecular weight is 137 g/mol. The molecule has 1 unspecified atom stereocenters. The van der Waals surface area contributed by atoms with E-state index in [1.807, 2.05) is 13.0 Å². The van der Waals surface area contributed by atoms with Gasteiger partial charge >= 0.3 is 0 Å². The van der Waals surface area contributed by atoms with Gasteiger partial charge in [0, 0.05) is 12.0 Å². The van der Waals surface area contributed by atoms with Gasteiger partial charge in [0.05, 0.1) is 0 Å². The molecule has 0 heterocycles. The summed E-state index contributed by atoms with van der Waals surface area (Å²) < 4.78 is 0. The minimum absolute atomic E-state index is 0.0631. The van der Waals surface area contributed by atoms with E-state index in [0.717, 1.165) is 0 Å². The van der Waals surface area contributed by atoms with Crippen LogP contribution in [0.3, 0.4) is 0 Å². The largest absolute Gasteiger partial charge is 0.508 e. The molecule has 0 saturated carbocycles. The van der Waals surface area contributed by atoms with Crippen molar-refractivity contribution in [1.82, 2.24) is 0 Å². The van der Waals surface area contributed by atoms with E-state index in [2.05, 4.69) is 0 Å². The van der Waals surface area contributed by atoms with Crippen molar-refractivity contribution in [1.29, 1.82) is 0 Å². The van der Waals surface area contributed by atoms with Gasteiger partial charge < -0.3 is 5.11 Å². The Morgan fingerprint density at radius 1 is 1.70 bits per heavy atom. The average Bonchev–Trinajstić information content (AvgIpc) is 1.94. The molecular weight excluding hydrogens is 128 g/mol. The van der Waals surface area contributed by atoms with Gasteiger partial charge in [-0.15, -0.1) is 0 Å². The lowest BCUT2D eigenvalue weighted by atomic mass is 9.96. The van der Waals surface area contributed by atoms with Gasteiger partial charge in [-0.1, -0.05) is 13.0 Å².